The van der Waals surface area contributed by atoms with E-state index >= 15 is 0 Å². The summed E-state index contributed by atoms with van der Waals surface area (Å²) in [4.78, 5) is 17.2. The summed E-state index contributed by atoms with van der Waals surface area (Å²) in [6.45, 7) is 0.842. The summed E-state index contributed by atoms with van der Waals surface area (Å²) in [7, 11) is 0. The normalized spacial score (nSPS) is 17.0. The Hall–Kier alpha value is -2.14. The standard InChI is InChI=1S/C18H16BrN3O/c19-13-5-7-14(8-6-13)20-18(23)12-9-10-22-16-4-2-1-3-15(16)21-17(22)11-12/h1-8,12H,9-11H2,(H,20,23). The fourth-order valence-corrected chi connectivity index (χ4v) is 3.40. The monoisotopic (exact) mass is 369 g/mol. The Morgan fingerprint density at radius 1 is 1.17 bits per heavy atom. The number of aromatic nitrogens is 2. The molecule has 2 heterocycles. The van der Waals surface area contributed by atoms with E-state index in [1.54, 1.807) is 0 Å². The summed E-state index contributed by atoms with van der Waals surface area (Å²) in [5, 5.41) is 3.01. The van der Waals surface area contributed by atoms with E-state index in [4.69, 9.17) is 0 Å². The number of anilines is 1. The van der Waals surface area contributed by atoms with Crippen LogP contribution in [0, 0.1) is 5.92 Å². The van der Waals surface area contributed by atoms with Gasteiger partial charge in [-0.1, -0.05) is 28.1 Å². The van der Waals surface area contributed by atoms with E-state index in [0.29, 0.717) is 6.42 Å². The van der Waals surface area contributed by atoms with E-state index in [-0.39, 0.29) is 11.8 Å². The number of imidazole rings is 1. The summed E-state index contributed by atoms with van der Waals surface area (Å²) in [6.07, 6.45) is 1.53. The number of halogens is 1. The molecule has 0 bridgehead atoms. The largest absolute Gasteiger partial charge is 0.328 e. The Kier molecular flexibility index (Phi) is 3.65. The molecular formula is C18H16BrN3O. The average molecular weight is 370 g/mol. The number of para-hydroxylation sites is 2. The smallest absolute Gasteiger partial charge is 0.228 e. The van der Waals surface area contributed by atoms with E-state index in [1.807, 2.05) is 42.5 Å². The molecule has 1 N–H and O–H groups in total. The van der Waals surface area contributed by atoms with Crippen molar-refractivity contribution in [2.75, 3.05) is 5.32 Å². The Morgan fingerprint density at radius 3 is 2.78 bits per heavy atom. The first-order chi connectivity index (χ1) is 11.2. The zero-order valence-corrected chi connectivity index (χ0v) is 14.1. The molecule has 23 heavy (non-hydrogen) atoms. The second-order valence-corrected chi connectivity index (χ2v) is 6.77. The van der Waals surface area contributed by atoms with E-state index in [2.05, 4.69) is 36.9 Å². The Labute approximate surface area is 142 Å². The van der Waals surface area contributed by atoms with Crippen LogP contribution in [0.5, 0.6) is 0 Å². The second kappa shape index (κ2) is 5.81. The van der Waals surface area contributed by atoms with E-state index in [9.17, 15) is 4.79 Å². The predicted octanol–water partition coefficient (Wildman–Crippen LogP) is 4.00. The number of rotatable bonds is 2. The molecule has 1 amide bonds. The van der Waals surface area contributed by atoms with Crippen molar-refractivity contribution in [1.82, 2.24) is 9.55 Å². The van der Waals surface area contributed by atoms with Crippen LogP contribution >= 0.6 is 15.9 Å². The van der Waals surface area contributed by atoms with Crippen LogP contribution in [0.3, 0.4) is 0 Å². The highest BCUT2D eigenvalue weighted by Gasteiger charge is 2.27. The number of nitrogens with one attached hydrogen (secondary N) is 1. The van der Waals surface area contributed by atoms with Gasteiger partial charge in [0.15, 0.2) is 0 Å². The average Bonchev–Trinajstić information content (AvgIpc) is 2.94. The minimum absolute atomic E-state index is 0.0250. The minimum Gasteiger partial charge on any atom is -0.328 e. The number of amides is 1. The van der Waals surface area contributed by atoms with Crippen LogP contribution in [-0.2, 0) is 17.8 Å². The summed E-state index contributed by atoms with van der Waals surface area (Å²) >= 11 is 3.40. The van der Waals surface area contributed by atoms with Crippen molar-refractivity contribution in [2.24, 2.45) is 5.92 Å². The molecule has 0 spiro atoms. The van der Waals surface area contributed by atoms with Crippen LogP contribution in [0.4, 0.5) is 5.69 Å². The maximum absolute atomic E-state index is 12.5. The number of carbonyl (C=O) groups is 1. The molecule has 1 aromatic heterocycles. The Bertz CT molecular complexity index is 870. The first-order valence-electron chi connectivity index (χ1n) is 7.71. The molecular weight excluding hydrogens is 354 g/mol. The molecule has 4 nitrogen and oxygen atoms in total. The number of carbonyl (C=O) groups excluding carboxylic acids is 1. The minimum atomic E-state index is -0.0250. The van der Waals surface area contributed by atoms with Gasteiger partial charge in [0.05, 0.1) is 11.0 Å². The van der Waals surface area contributed by atoms with Crippen molar-refractivity contribution in [2.45, 2.75) is 19.4 Å². The maximum Gasteiger partial charge on any atom is 0.228 e. The van der Waals surface area contributed by atoms with Crippen LogP contribution in [0.15, 0.2) is 53.0 Å². The third-order valence-corrected chi connectivity index (χ3v) is 4.87. The molecule has 1 aliphatic rings. The van der Waals surface area contributed by atoms with Gasteiger partial charge in [-0.2, -0.15) is 0 Å². The summed E-state index contributed by atoms with van der Waals surface area (Å²) in [5.41, 5.74) is 3.00. The number of hydrogen-bond acceptors (Lipinski definition) is 2. The van der Waals surface area contributed by atoms with Crippen molar-refractivity contribution in [3.8, 4) is 0 Å². The van der Waals surface area contributed by atoms with E-state index < -0.39 is 0 Å². The van der Waals surface area contributed by atoms with Crippen molar-refractivity contribution in [1.29, 1.82) is 0 Å². The molecule has 2 aromatic carbocycles. The molecule has 5 heteroatoms. The van der Waals surface area contributed by atoms with Gasteiger partial charge in [0, 0.05) is 29.0 Å². The van der Waals surface area contributed by atoms with Crippen molar-refractivity contribution in [3.05, 3.63) is 58.8 Å². The maximum atomic E-state index is 12.5. The second-order valence-electron chi connectivity index (χ2n) is 5.85. The van der Waals surface area contributed by atoms with E-state index in [1.165, 1.54) is 0 Å². The zero-order valence-electron chi connectivity index (χ0n) is 12.5. The lowest BCUT2D eigenvalue weighted by Gasteiger charge is -2.23. The summed E-state index contributed by atoms with van der Waals surface area (Å²) in [5.74, 6) is 1.06. The van der Waals surface area contributed by atoms with Crippen LogP contribution in [0.2, 0.25) is 0 Å². The highest BCUT2D eigenvalue weighted by Crippen LogP contribution is 2.26. The van der Waals surface area contributed by atoms with Gasteiger partial charge < -0.3 is 9.88 Å². The number of hydrogen-bond donors (Lipinski definition) is 1. The molecule has 0 fully saturated rings. The molecule has 1 aliphatic heterocycles. The third kappa shape index (κ3) is 2.77. The van der Waals surface area contributed by atoms with Gasteiger partial charge in [-0.3, -0.25) is 4.79 Å². The zero-order chi connectivity index (χ0) is 15.8. The first-order valence-corrected chi connectivity index (χ1v) is 8.50. The molecule has 0 aliphatic carbocycles. The molecule has 4 rings (SSSR count). The Morgan fingerprint density at radius 2 is 1.96 bits per heavy atom. The molecule has 0 radical (unpaired) electrons. The van der Waals surface area contributed by atoms with Gasteiger partial charge in [-0.15, -0.1) is 0 Å². The van der Waals surface area contributed by atoms with Crippen molar-refractivity contribution >= 4 is 38.6 Å². The molecule has 116 valence electrons. The van der Waals surface area contributed by atoms with Crippen LogP contribution < -0.4 is 5.32 Å². The number of fused-ring (bicyclic) bond motifs is 3. The topological polar surface area (TPSA) is 46.9 Å². The van der Waals surface area contributed by atoms with Gasteiger partial charge in [-0.25, -0.2) is 4.98 Å². The fourth-order valence-electron chi connectivity index (χ4n) is 3.14. The molecule has 1 unspecified atom stereocenters. The highest BCUT2D eigenvalue weighted by atomic mass is 79.9. The lowest BCUT2D eigenvalue weighted by Crippen LogP contribution is -2.30. The number of aryl methyl sites for hydroxylation is 1. The third-order valence-electron chi connectivity index (χ3n) is 4.35. The summed E-state index contributed by atoms with van der Waals surface area (Å²) < 4.78 is 3.24. The predicted molar refractivity (Wildman–Crippen MR) is 94.3 cm³/mol. The number of benzene rings is 2. The van der Waals surface area contributed by atoms with E-state index in [0.717, 1.165) is 40.0 Å². The van der Waals surface area contributed by atoms with Gasteiger partial charge in [-0.05, 0) is 42.8 Å². The van der Waals surface area contributed by atoms with Crippen molar-refractivity contribution < 1.29 is 4.79 Å². The molecule has 0 saturated carbocycles. The van der Waals surface area contributed by atoms with Gasteiger partial charge in [0.2, 0.25) is 5.91 Å². The van der Waals surface area contributed by atoms with Gasteiger partial charge in [0.25, 0.3) is 0 Å². The fraction of sp³-hybridized carbons (Fsp3) is 0.222. The van der Waals surface area contributed by atoms with Crippen molar-refractivity contribution in [3.63, 3.8) is 0 Å². The molecule has 3 aromatic rings. The lowest BCUT2D eigenvalue weighted by atomic mass is 9.96. The number of nitrogens with zero attached hydrogens (tertiary/aromatic N) is 2. The summed E-state index contributed by atoms with van der Waals surface area (Å²) in [6, 6.07) is 15.8. The van der Waals surface area contributed by atoms with Crippen LogP contribution in [-0.4, -0.2) is 15.5 Å². The van der Waals surface area contributed by atoms with Gasteiger partial charge >= 0.3 is 0 Å². The Balaban J connectivity index is 1.53. The van der Waals surface area contributed by atoms with Crippen LogP contribution in [0.1, 0.15) is 12.2 Å². The molecule has 0 saturated heterocycles. The molecule has 1 atom stereocenters. The van der Waals surface area contributed by atoms with Crippen LogP contribution in [0.25, 0.3) is 11.0 Å². The van der Waals surface area contributed by atoms with Gasteiger partial charge in [0.1, 0.15) is 5.82 Å². The SMILES string of the molecule is O=C(Nc1ccc(Br)cc1)C1CCn2c(nc3ccccc32)C1. The lowest BCUT2D eigenvalue weighted by molar-refractivity contribution is -0.120. The highest BCUT2D eigenvalue weighted by molar-refractivity contribution is 9.10. The first kappa shape index (κ1) is 14.5. The quantitative estimate of drug-likeness (QED) is 0.741.